The minimum Gasteiger partial charge on any atom is -0.364 e. The Morgan fingerprint density at radius 1 is 1.48 bits per heavy atom. The molecule has 1 unspecified atom stereocenters. The quantitative estimate of drug-likeness (QED) is 0.405. The predicted octanol–water partition coefficient (Wildman–Crippen LogP) is 2.16. The minimum absolute atomic E-state index is 0. The normalized spacial score (nSPS) is 17.3. The van der Waals surface area contributed by atoms with Crippen molar-refractivity contribution in [1.29, 1.82) is 0 Å². The van der Waals surface area contributed by atoms with E-state index in [-0.39, 0.29) is 35.8 Å². The maximum atomic E-state index is 13.9. The van der Waals surface area contributed by atoms with Gasteiger partial charge in [-0.15, -0.1) is 24.0 Å². The number of nitrogens with zero attached hydrogens (tertiary/aromatic N) is 4. The van der Waals surface area contributed by atoms with Gasteiger partial charge in [0.25, 0.3) is 0 Å². The highest BCUT2D eigenvalue weighted by Gasteiger charge is 2.25. The minimum atomic E-state index is -0.287. The topological polar surface area (TPSA) is 78.6 Å². The monoisotopic (exact) mass is 460 g/mol. The zero-order chi connectivity index (χ0) is 16.8. The molecule has 3 heterocycles. The smallest absolute Gasteiger partial charge is 0.191 e. The molecule has 9 heteroatoms. The molecule has 136 valence electrons. The molecule has 0 aliphatic carbocycles. The van der Waals surface area contributed by atoms with Crippen molar-refractivity contribution < 1.29 is 8.91 Å². The average molecular weight is 460 g/mol. The zero-order valence-corrected chi connectivity index (χ0v) is 16.3. The first-order valence-electron chi connectivity index (χ1n) is 8.06. The van der Waals surface area contributed by atoms with Crippen LogP contribution in [0.3, 0.4) is 0 Å². The summed E-state index contributed by atoms with van der Waals surface area (Å²) in [6.45, 7) is 4.65. The van der Waals surface area contributed by atoms with Crippen molar-refractivity contribution in [1.82, 2.24) is 20.8 Å². The standard InChI is InChI=1S/C16H21FN6O.HI/c1-2-18-16(20-10-12-6-9-24-22-12)21-13-5-8-23(11-13)15-14(17)4-3-7-19-15;/h3-4,6-7,9,13H,2,5,8,10-11H2,1H3,(H2,18,20,21);1H. The lowest BCUT2D eigenvalue weighted by molar-refractivity contribution is 0.412. The molecule has 2 N–H and O–H groups in total. The summed E-state index contributed by atoms with van der Waals surface area (Å²) in [5.41, 5.74) is 0.774. The van der Waals surface area contributed by atoms with E-state index in [0.717, 1.165) is 25.2 Å². The number of rotatable bonds is 5. The summed E-state index contributed by atoms with van der Waals surface area (Å²) in [6.07, 6.45) is 4.04. The lowest BCUT2D eigenvalue weighted by atomic mass is 10.3. The molecule has 0 bridgehead atoms. The van der Waals surface area contributed by atoms with Gasteiger partial charge < -0.3 is 20.1 Å². The van der Waals surface area contributed by atoms with Crippen LogP contribution in [0.15, 0.2) is 40.2 Å². The summed E-state index contributed by atoms with van der Waals surface area (Å²) in [7, 11) is 0. The summed E-state index contributed by atoms with van der Waals surface area (Å²) in [6, 6.07) is 5.01. The predicted molar refractivity (Wildman–Crippen MR) is 105 cm³/mol. The van der Waals surface area contributed by atoms with E-state index in [1.165, 1.54) is 12.3 Å². The fourth-order valence-corrected chi connectivity index (χ4v) is 2.67. The number of hydrogen-bond donors (Lipinski definition) is 2. The van der Waals surface area contributed by atoms with Gasteiger partial charge in [0, 0.05) is 37.9 Å². The van der Waals surface area contributed by atoms with Crippen molar-refractivity contribution in [2.75, 3.05) is 24.5 Å². The van der Waals surface area contributed by atoms with Crippen LogP contribution in [0.5, 0.6) is 0 Å². The van der Waals surface area contributed by atoms with Gasteiger partial charge in [0.1, 0.15) is 12.0 Å². The molecule has 2 aromatic rings. The van der Waals surface area contributed by atoms with Gasteiger partial charge in [0.05, 0.1) is 6.54 Å². The third-order valence-corrected chi connectivity index (χ3v) is 3.80. The van der Waals surface area contributed by atoms with Crippen LogP contribution in [0.2, 0.25) is 0 Å². The average Bonchev–Trinajstić information content (AvgIpc) is 3.25. The summed E-state index contributed by atoms with van der Waals surface area (Å²) in [4.78, 5) is 10.6. The summed E-state index contributed by atoms with van der Waals surface area (Å²) < 4.78 is 18.7. The van der Waals surface area contributed by atoms with Crippen LogP contribution >= 0.6 is 24.0 Å². The van der Waals surface area contributed by atoms with Gasteiger partial charge in [-0.05, 0) is 25.5 Å². The molecule has 3 rings (SSSR count). The van der Waals surface area contributed by atoms with Crippen molar-refractivity contribution in [3.63, 3.8) is 0 Å². The molecule has 1 fully saturated rings. The molecule has 0 saturated carbocycles. The van der Waals surface area contributed by atoms with Crippen molar-refractivity contribution in [3.8, 4) is 0 Å². The van der Waals surface area contributed by atoms with E-state index in [9.17, 15) is 4.39 Å². The fourth-order valence-electron chi connectivity index (χ4n) is 2.67. The van der Waals surface area contributed by atoms with Gasteiger partial charge >= 0.3 is 0 Å². The molecule has 2 aromatic heterocycles. The van der Waals surface area contributed by atoms with E-state index in [1.54, 1.807) is 18.3 Å². The Hall–Kier alpha value is -1.91. The van der Waals surface area contributed by atoms with Gasteiger partial charge in [-0.2, -0.15) is 0 Å². The van der Waals surface area contributed by atoms with Gasteiger partial charge in [-0.3, -0.25) is 0 Å². The van der Waals surface area contributed by atoms with Crippen molar-refractivity contribution in [2.24, 2.45) is 4.99 Å². The van der Waals surface area contributed by atoms with E-state index >= 15 is 0 Å². The lowest BCUT2D eigenvalue weighted by Gasteiger charge is -2.19. The van der Waals surface area contributed by atoms with Gasteiger partial charge in [0.15, 0.2) is 17.6 Å². The van der Waals surface area contributed by atoms with E-state index < -0.39 is 0 Å². The first-order valence-corrected chi connectivity index (χ1v) is 8.06. The molecule has 25 heavy (non-hydrogen) atoms. The van der Waals surface area contributed by atoms with Gasteiger partial charge in [-0.25, -0.2) is 14.4 Å². The van der Waals surface area contributed by atoms with Gasteiger partial charge in [-0.1, -0.05) is 5.16 Å². The Morgan fingerprint density at radius 3 is 3.08 bits per heavy atom. The highest BCUT2D eigenvalue weighted by molar-refractivity contribution is 14.0. The number of halogens is 2. The third-order valence-electron chi connectivity index (χ3n) is 3.80. The Morgan fingerprint density at radius 2 is 2.36 bits per heavy atom. The zero-order valence-electron chi connectivity index (χ0n) is 14.0. The molecule has 1 aliphatic heterocycles. The molecular weight excluding hydrogens is 438 g/mol. The number of anilines is 1. The maximum Gasteiger partial charge on any atom is 0.191 e. The summed E-state index contributed by atoms with van der Waals surface area (Å²) >= 11 is 0. The molecule has 0 spiro atoms. The summed E-state index contributed by atoms with van der Waals surface area (Å²) in [5.74, 6) is 0.838. The van der Waals surface area contributed by atoms with Crippen LogP contribution in [-0.2, 0) is 6.54 Å². The highest BCUT2D eigenvalue weighted by Crippen LogP contribution is 2.20. The first kappa shape index (κ1) is 19.4. The van der Waals surface area contributed by atoms with Crippen LogP contribution in [-0.4, -0.2) is 41.8 Å². The second-order valence-corrected chi connectivity index (χ2v) is 5.57. The largest absolute Gasteiger partial charge is 0.364 e. The number of aliphatic imine (C=N–C) groups is 1. The number of pyridine rings is 1. The molecule has 1 atom stereocenters. The Balaban J connectivity index is 0.00000225. The number of nitrogens with one attached hydrogen (secondary N) is 2. The Kier molecular flexibility index (Phi) is 7.41. The molecule has 7 nitrogen and oxygen atoms in total. The van der Waals surface area contributed by atoms with Crippen LogP contribution in [0, 0.1) is 5.82 Å². The molecule has 1 aliphatic rings. The van der Waals surface area contributed by atoms with E-state index in [4.69, 9.17) is 4.52 Å². The molecule has 0 radical (unpaired) electrons. The van der Waals surface area contributed by atoms with E-state index in [1.807, 2.05) is 11.8 Å². The van der Waals surface area contributed by atoms with E-state index in [2.05, 4.69) is 25.8 Å². The number of hydrogen-bond acceptors (Lipinski definition) is 5. The van der Waals surface area contributed by atoms with Crippen molar-refractivity contribution in [2.45, 2.75) is 25.9 Å². The SMILES string of the molecule is CCNC(=NCc1ccon1)NC1CCN(c2ncccc2F)C1.I. The van der Waals surface area contributed by atoms with E-state index in [0.29, 0.717) is 24.9 Å². The number of guanidine groups is 1. The van der Waals surface area contributed by atoms with Crippen LogP contribution < -0.4 is 15.5 Å². The Bertz CT molecular complexity index is 681. The first-order chi connectivity index (χ1) is 11.8. The Labute approximate surface area is 163 Å². The van der Waals surface area contributed by atoms with Crippen LogP contribution in [0.25, 0.3) is 0 Å². The summed E-state index contributed by atoms with van der Waals surface area (Å²) in [5, 5.41) is 10.4. The highest BCUT2D eigenvalue weighted by atomic mass is 127. The third kappa shape index (κ3) is 5.28. The second-order valence-electron chi connectivity index (χ2n) is 5.57. The second kappa shape index (κ2) is 9.54. The number of aromatic nitrogens is 2. The maximum absolute atomic E-state index is 13.9. The molecule has 1 saturated heterocycles. The van der Waals surface area contributed by atoms with Crippen LogP contribution in [0.4, 0.5) is 10.2 Å². The molecule has 0 aromatic carbocycles. The van der Waals surface area contributed by atoms with Crippen molar-refractivity contribution in [3.05, 3.63) is 42.2 Å². The molecule has 0 amide bonds. The van der Waals surface area contributed by atoms with Gasteiger partial charge in [0.2, 0.25) is 0 Å². The fraction of sp³-hybridized carbons (Fsp3) is 0.438. The van der Waals surface area contributed by atoms with Crippen LogP contribution in [0.1, 0.15) is 19.0 Å². The van der Waals surface area contributed by atoms with Crippen molar-refractivity contribution >= 4 is 35.8 Å². The lowest BCUT2D eigenvalue weighted by Crippen LogP contribution is -2.44. The molecular formula is C16H22FIN6O.